The minimum absolute atomic E-state index is 0.0336. The second-order valence-corrected chi connectivity index (χ2v) is 3.88. The number of piperidine rings is 1. The largest absolute Gasteiger partial charge is 0.471 e. The Bertz CT molecular complexity index is 253. The summed E-state index contributed by atoms with van der Waals surface area (Å²) in [4.78, 5) is 10.5. The molecule has 2 rings (SSSR count). The van der Waals surface area contributed by atoms with E-state index in [2.05, 4.69) is 5.32 Å². The van der Waals surface area contributed by atoms with Gasteiger partial charge in [0.05, 0.1) is 0 Å². The number of rotatable bonds is 2. The molecule has 80 valence electrons. The molecular weight excluding hydrogens is 197 g/mol. The first-order valence-electron chi connectivity index (χ1n) is 4.57. The fourth-order valence-corrected chi connectivity index (χ4v) is 1.98. The molecule has 1 heterocycles. The van der Waals surface area contributed by atoms with Crippen LogP contribution in [0.15, 0.2) is 0 Å². The summed E-state index contributed by atoms with van der Waals surface area (Å²) in [6.07, 6.45) is -3.68. The minimum atomic E-state index is -4.76. The van der Waals surface area contributed by atoms with Gasteiger partial charge >= 0.3 is 12.1 Å². The Morgan fingerprint density at radius 2 is 2.21 bits per heavy atom. The molecule has 1 aliphatic carbocycles. The van der Waals surface area contributed by atoms with Crippen molar-refractivity contribution in [1.82, 2.24) is 10.6 Å². The van der Waals surface area contributed by atoms with E-state index in [1.807, 2.05) is 5.32 Å². The van der Waals surface area contributed by atoms with Crippen LogP contribution in [0.3, 0.4) is 0 Å². The summed E-state index contributed by atoms with van der Waals surface area (Å²) < 4.78 is 35.4. The van der Waals surface area contributed by atoms with Crippen LogP contribution in [0.25, 0.3) is 0 Å². The predicted molar refractivity (Wildman–Crippen MR) is 42.5 cm³/mol. The van der Waals surface area contributed by atoms with E-state index in [0.717, 1.165) is 13.0 Å². The Kier molecular flexibility index (Phi) is 2.17. The van der Waals surface area contributed by atoms with Crippen molar-refractivity contribution in [2.24, 2.45) is 11.8 Å². The van der Waals surface area contributed by atoms with Gasteiger partial charge in [0, 0.05) is 12.6 Å². The standard InChI is InChI=1S/C8H11F3N2O/c9-8(10,11)7(14)13-3-6-5-1-4(5)2-12-6/h4-6,12H,1-3H2,(H,13,14)/t4-,5-,6+/m0/s1. The number of fused-ring (bicyclic) bond motifs is 1. The third-order valence-corrected chi connectivity index (χ3v) is 2.88. The van der Waals surface area contributed by atoms with Crippen LogP contribution in [0.1, 0.15) is 6.42 Å². The zero-order valence-corrected chi connectivity index (χ0v) is 7.40. The number of alkyl halides is 3. The van der Waals surface area contributed by atoms with Crippen molar-refractivity contribution in [1.29, 1.82) is 0 Å². The topological polar surface area (TPSA) is 41.1 Å². The first-order chi connectivity index (χ1) is 6.48. The molecule has 2 fully saturated rings. The molecule has 0 aromatic carbocycles. The van der Waals surface area contributed by atoms with Gasteiger partial charge < -0.3 is 10.6 Å². The van der Waals surface area contributed by atoms with Crippen LogP contribution in [-0.2, 0) is 4.79 Å². The smallest absolute Gasteiger partial charge is 0.347 e. The zero-order chi connectivity index (χ0) is 10.3. The Labute approximate surface area is 79.0 Å². The summed E-state index contributed by atoms with van der Waals surface area (Å²) >= 11 is 0. The summed E-state index contributed by atoms with van der Waals surface area (Å²) in [6.45, 7) is 0.955. The van der Waals surface area contributed by atoms with Crippen LogP contribution in [0.4, 0.5) is 13.2 Å². The quantitative estimate of drug-likeness (QED) is 0.684. The average Bonchev–Trinajstić information content (AvgIpc) is 2.75. The highest BCUT2D eigenvalue weighted by molar-refractivity contribution is 5.81. The average molecular weight is 208 g/mol. The molecule has 14 heavy (non-hydrogen) atoms. The van der Waals surface area contributed by atoms with Gasteiger partial charge in [-0.2, -0.15) is 13.2 Å². The molecule has 1 aliphatic heterocycles. The molecule has 2 aliphatic rings. The molecule has 0 spiro atoms. The summed E-state index contributed by atoms with van der Waals surface area (Å²) in [5, 5.41) is 4.98. The second-order valence-electron chi connectivity index (χ2n) is 3.88. The molecular formula is C8H11F3N2O. The van der Waals surface area contributed by atoms with E-state index < -0.39 is 12.1 Å². The lowest BCUT2D eigenvalue weighted by Crippen LogP contribution is -2.44. The highest BCUT2D eigenvalue weighted by Crippen LogP contribution is 2.44. The Morgan fingerprint density at radius 3 is 2.64 bits per heavy atom. The molecule has 0 unspecified atom stereocenters. The molecule has 0 aromatic heterocycles. The maximum atomic E-state index is 11.8. The molecule has 0 radical (unpaired) electrons. The highest BCUT2D eigenvalue weighted by Gasteiger charge is 2.48. The van der Waals surface area contributed by atoms with E-state index in [-0.39, 0.29) is 12.6 Å². The van der Waals surface area contributed by atoms with Gasteiger partial charge in [0.1, 0.15) is 0 Å². The highest BCUT2D eigenvalue weighted by atomic mass is 19.4. The third-order valence-electron chi connectivity index (χ3n) is 2.88. The van der Waals surface area contributed by atoms with E-state index in [4.69, 9.17) is 0 Å². The van der Waals surface area contributed by atoms with Crippen molar-refractivity contribution < 1.29 is 18.0 Å². The lowest BCUT2D eigenvalue weighted by molar-refractivity contribution is -0.173. The Morgan fingerprint density at radius 1 is 1.50 bits per heavy atom. The SMILES string of the molecule is O=C(NC[C@H]1NC[C@@H]2C[C@@H]21)C(F)(F)F. The van der Waals surface area contributed by atoms with Gasteiger partial charge in [-0.3, -0.25) is 4.79 Å². The van der Waals surface area contributed by atoms with Gasteiger partial charge in [-0.05, 0) is 24.8 Å². The van der Waals surface area contributed by atoms with Crippen molar-refractivity contribution in [3.05, 3.63) is 0 Å². The predicted octanol–water partition coefficient (Wildman–Crippen LogP) is 0.273. The van der Waals surface area contributed by atoms with Gasteiger partial charge in [-0.15, -0.1) is 0 Å². The second kappa shape index (κ2) is 3.12. The number of amides is 1. The van der Waals surface area contributed by atoms with Crippen molar-refractivity contribution in [3.8, 4) is 0 Å². The van der Waals surface area contributed by atoms with Gasteiger partial charge in [-0.1, -0.05) is 0 Å². The van der Waals surface area contributed by atoms with Crippen molar-refractivity contribution in [3.63, 3.8) is 0 Å². The number of carbonyl (C=O) groups is 1. The monoisotopic (exact) mass is 208 g/mol. The summed E-state index contributed by atoms with van der Waals surface area (Å²) in [6, 6.07) is 0.0336. The Balaban J connectivity index is 1.74. The van der Waals surface area contributed by atoms with E-state index in [1.54, 1.807) is 0 Å². The van der Waals surface area contributed by atoms with Crippen molar-refractivity contribution in [2.45, 2.75) is 18.6 Å². The number of hydrogen-bond acceptors (Lipinski definition) is 2. The molecule has 3 nitrogen and oxygen atoms in total. The van der Waals surface area contributed by atoms with Crippen LogP contribution in [0, 0.1) is 11.8 Å². The molecule has 3 atom stereocenters. The molecule has 0 aromatic rings. The molecule has 1 saturated heterocycles. The van der Waals surface area contributed by atoms with Gasteiger partial charge in [0.2, 0.25) is 0 Å². The maximum absolute atomic E-state index is 11.8. The zero-order valence-electron chi connectivity index (χ0n) is 7.40. The van der Waals surface area contributed by atoms with Gasteiger partial charge in [0.25, 0.3) is 0 Å². The van der Waals surface area contributed by atoms with Crippen LogP contribution in [0.5, 0.6) is 0 Å². The van der Waals surface area contributed by atoms with Crippen molar-refractivity contribution >= 4 is 5.91 Å². The van der Waals surface area contributed by atoms with Crippen molar-refractivity contribution in [2.75, 3.05) is 13.1 Å². The van der Waals surface area contributed by atoms with E-state index in [1.165, 1.54) is 0 Å². The first-order valence-corrected chi connectivity index (χ1v) is 4.57. The molecule has 6 heteroatoms. The van der Waals surface area contributed by atoms with E-state index in [9.17, 15) is 18.0 Å². The fourth-order valence-electron chi connectivity index (χ4n) is 1.98. The van der Waals surface area contributed by atoms with E-state index >= 15 is 0 Å². The van der Waals surface area contributed by atoms with Crippen LogP contribution in [-0.4, -0.2) is 31.2 Å². The molecule has 1 saturated carbocycles. The van der Waals surface area contributed by atoms with Gasteiger partial charge in [0.15, 0.2) is 0 Å². The normalized spacial score (nSPS) is 35.2. The molecule has 2 N–H and O–H groups in total. The van der Waals surface area contributed by atoms with E-state index in [0.29, 0.717) is 11.8 Å². The molecule has 0 bridgehead atoms. The number of nitrogens with one attached hydrogen (secondary N) is 2. The van der Waals surface area contributed by atoms with Crippen LogP contribution in [0.2, 0.25) is 0 Å². The van der Waals surface area contributed by atoms with Crippen LogP contribution < -0.4 is 10.6 Å². The summed E-state index contributed by atoms with van der Waals surface area (Å²) in [5.41, 5.74) is 0. The summed E-state index contributed by atoms with van der Waals surface area (Å²) in [5.74, 6) is -0.741. The first kappa shape index (κ1) is 9.76. The Hall–Kier alpha value is -0.780. The van der Waals surface area contributed by atoms with Gasteiger partial charge in [-0.25, -0.2) is 0 Å². The lowest BCUT2D eigenvalue weighted by Gasteiger charge is -2.14. The number of halogens is 3. The summed E-state index contributed by atoms with van der Waals surface area (Å²) in [7, 11) is 0. The van der Waals surface area contributed by atoms with Crippen LogP contribution >= 0.6 is 0 Å². The third kappa shape index (κ3) is 1.84. The maximum Gasteiger partial charge on any atom is 0.471 e. The fraction of sp³-hybridized carbons (Fsp3) is 0.875. The number of carbonyl (C=O) groups excluding carboxylic acids is 1. The lowest BCUT2D eigenvalue weighted by atomic mass is 10.2. The minimum Gasteiger partial charge on any atom is -0.347 e. The number of hydrogen-bond donors (Lipinski definition) is 2. The molecule has 1 amide bonds.